The largest absolute Gasteiger partial charge is 0.459 e. The highest BCUT2D eigenvalue weighted by Gasteiger charge is 2.20. The van der Waals surface area contributed by atoms with Gasteiger partial charge in [-0.15, -0.1) is 10.2 Å². The number of nitrogens with zero attached hydrogens (tertiary/aromatic N) is 6. The van der Waals surface area contributed by atoms with Crippen LogP contribution in [-0.4, -0.2) is 67.5 Å². The van der Waals surface area contributed by atoms with Crippen LogP contribution >= 0.6 is 11.6 Å². The summed E-state index contributed by atoms with van der Waals surface area (Å²) in [6, 6.07) is 15.6. The number of aryl methyl sites for hydroxylation is 1. The fourth-order valence-corrected chi connectivity index (χ4v) is 4.52. The Bertz CT molecular complexity index is 1380. The Labute approximate surface area is 232 Å². The van der Waals surface area contributed by atoms with Crippen LogP contribution in [0, 0.1) is 0 Å². The van der Waals surface area contributed by atoms with Gasteiger partial charge in [0.2, 0.25) is 5.82 Å². The lowest BCUT2D eigenvalue weighted by Crippen LogP contribution is -2.32. The summed E-state index contributed by atoms with van der Waals surface area (Å²) in [6.45, 7) is 2.62. The molecule has 39 heavy (non-hydrogen) atoms. The molecule has 0 spiro atoms. The van der Waals surface area contributed by atoms with Gasteiger partial charge in [-0.2, -0.15) is 5.21 Å². The van der Waals surface area contributed by atoms with Gasteiger partial charge in [0.25, 0.3) is 0 Å². The van der Waals surface area contributed by atoms with Gasteiger partial charge in [0, 0.05) is 18.5 Å². The van der Waals surface area contributed by atoms with Crippen molar-refractivity contribution in [2.45, 2.75) is 51.8 Å². The highest BCUT2D eigenvalue weighted by Crippen LogP contribution is 2.30. The average Bonchev–Trinajstić information content (AvgIpc) is 3.58. The molecule has 0 saturated carbocycles. The fourth-order valence-electron chi connectivity index (χ4n) is 4.26. The minimum Gasteiger partial charge on any atom is -0.459 e. The first-order valence-corrected chi connectivity index (χ1v) is 13.2. The van der Waals surface area contributed by atoms with E-state index < -0.39 is 12.0 Å². The minimum atomic E-state index is -0.540. The van der Waals surface area contributed by atoms with Crippen LogP contribution in [0.25, 0.3) is 22.5 Å². The number of likely N-dealkylation sites (N-methyl/N-ethyl adjacent to an activating group) is 1. The van der Waals surface area contributed by atoms with Crippen molar-refractivity contribution in [1.82, 2.24) is 35.1 Å². The molecule has 0 aliphatic carbocycles. The zero-order chi connectivity index (χ0) is 27.8. The third-order valence-corrected chi connectivity index (χ3v) is 6.84. The van der Waals surface area contributed by atoms with Crippen molar-refractivity contribution in [3.05, 3.63) is 70.8 Å². The van der Waals surface area contributed by atoms with Gasteiger partial charge >= 0.3 is 5.97 Å². The number of halogens is 1. The van der Waals surface area contributed by atoms with Gasteiger partial charge < -0.3 is 14.1 Å². The number of carbonyl (C=O) groups excluding carboxylic acids is 2. The fraction of sp³-hybridized carbons (Fsp3) is 0.357. The molecule has 10 nitrogen and oxygen atoms in total. The van der Waals surface area contributed by atoms with E-state index in [0.29, 0.717) is 23.2 Å². The molecule has 0 amide bonds. The zero-order valence-electron chi connectivity index (χ0n) is 22.3. The van der Waals surface area contributed by atoms with Crippen LogP contribution < -0.4 is 0 Å². The van der Waals surface area contributed by atoms with Crippen molar-refractivity contribution in [2.75, 3.05) is 14.1 Å². The van der Waals surface area contributed by atoms with Crippen LogP contribution in [-0.2, 0) is 33.9 Å². The normalized spacial score (nSPS) is 12.0. The number of hydrogen-bond donors (Lipinski definition) is 1. The van der Waals surface area contributed by atoms with E-state index in [9.17, 15) is 9.59 Å². The SMILES string of the molecule is CCCCc1nc(Cl)c(COC(=O)C[C@H](C=O)N(C)C)n1Cc1ccc(-c2ccccc2-c2nn[nH]n2)cc1. The second-order valence-corrected chi connectivity index (χ2v) is 9.82. The minimum absolute atomic E-state index is 0.0219. The van der Waals surface area contributed by atoms with Crippen molar-refractivity contribution in [3.8, 4) is 22.5 Å². The number of hydrogen-bond acceptors (Lipinski definition) is 8. The van der Waals surface area contributed by atoms with Gasteiger partial charge in [-0.3, -0.25) is 9.69 Å². The number of aromatic amines is 1. The molecule has 4 aromatic rings. The lowest BCUT2D eigenvalue weighted by Gasteiger charge is -2.18. The zero-order valence-corrected chi connectivity index (χ0v) is 23.1. The molecule has 1 atom stereocenters. The van der Waals surface area contributed by atoms with Crippen molar-refractivity contribution >= 4 is 23.9 Å². The van der Waals surface area contributed by atoms with E-state index >= 15 is 0 Å². The van der Waals surface area contributed by atoms with Gasteiger partial charge in [0.05, 0.1) is 18.2 Å². The Kier molecular flexibility index (Phi) is 9.56. The summed E-state index contributed by atoms with van der Waals surface area (Å²) >= 11 is 6.53. The van der Waals surface area contributed by atoms with Crippen molar-refractivity contribution in [1.29, 1.82) is 0 Å². The number of imidazole rings is 1. The Morgan fingerprint density at radius 2 is 1.90 bits per heavy atom. The Hall–Kier alpha value is -3.89. The molecular weight excluding hydrogens is 518 g/mol. The summed E-state index contributed by atoms with van der Waals surface area (Å²) in [5.41, 5.74) is 4.59. The third kappa shape index (κ3) is 6.96. The molecule has 11 heteroatoms. The van der Waals surface area contributed by atoms with Gasteiger partial charge in [0.1, 0.15) is 18.7 Å². The van der Waals surface area contributed by atoms with Crippen molar-refractivity contribution in [2.24, 2.45) is 0 Å². The standard InChI is InChI=1S/C28H32ClN7O3/c1-4-5-10-25-30-27(29)24(18-39-26(38)15-21(17-37)35(2)3)36(25)16-19-11-13-20(14-12-19)22-8-6-7-9-23(22)28-31-33-34-32-28/h6-9,11-14,17,21H,4-5,10,15-16,18H2,1-3H3,(H,31,32,33,34)/t21-/m1/s1. The van der Waals surface area contributed by atoms with Gasteiger partial charge in [-0.25, -0.2) is 4.98 Å². The summed E-state index contributed by atoms with van der Waals surface area (Å²) in [7, 11) is 3.49. The molecule has 2 aromatic carbocycles. The van der Waals surface area contributed by atoms with Crippen LogP contribution in [0.2, 0.25) is 5.15 Å². The van der Waals surface area contributed by atoms with Crippen LogP contribution in [0.3, 0.4) is 0 Å². The maximum absolute atomic E-state index is 12.4. The third-order valence-electron chi connectivity index (χ3n) is 6.54. The average molecular weight is 550 g/mol. The number of nitrogens with one attached hydrogen (secondary N) is 1. The summed E-state index contributed by atoms with van der Waals surface area (Å²) in [5.74, 6) is 0.912. The summed E-state index contributed by atoms with van der Waals surface area (Å²) in [6.07, 6.45) is 3.45. The van der Waals surface area contributed by atoms with Gasteiger partial charge in [0.15, 0.2) is 5.15 Å². The molecule has 2 aromatic heterocycles. The number of H-pyrrole nitrogens is 1. The molecule has 2 heterocycles. The van der Waals surface area contributed by atoms with Gasteiger partial charge in [-0.1, -0.05) is 73.5 Å². The van der Waals surface area contributed by atoms with Crippen molar-refractivity contribution in [3.63, 3.8) is 0 Å². The maximum atomic E-state index is 12.4. The molecule has 0 unspecified atom stereocenters. The van der Waals surface area contributed by atoms with Gasteiger partial charge in [-0.05, 0) is 42.4 Å². The van der Waals surface area contributed by atoms with E-state index in [4.69, 9.17) is 16.3 Å². The molecule has 0 radical (unpaired) electrons. The molecule has 0 saturated heterocycles. The second kappa shape index (κ2) is 13.3. The lowest BCUT2D eigenvalue weighted by atomic mass is 9.98. The van der Waals surface area contributed by atoms with E-state index in [-0.39, 0.29) is 13.0 Å². The van der Waals surface area contributed by atoms with E-state index in [1.165, 1.54) is 0 Å². The second-order valence-electron chi connectivity index (χ2n) is 9.47. The number of rotatable bonds is 13. The number of aldehydes is 1. The number of aromatic nitrogens is 6. The first kappa shape index (κ1) is 28.1. The topological polar surface area (TPSA) is 119 Å². The molecule has 0 aliphatic rings. The van der Waals surface area contributed by atoms with E-state index in [2.05, 4.69) is 56.8 Å². The molecule has 0 bridgehead atoms. The highest BCUT2D eigenvalue weighted by molar-refractivity contribution is 6.30. The van der Waals surface area contributed by atoms with Crippen LogP contribution in [0.5, 0.6) is 0 Å². The molecule has 0 fully saturated rings. The number of tetrazole rings is 1. The quantitative estimate of drug-likeness (QED) is 0.193. The number of esters is 1. The first-order valence-electron chi connectivity index (χ1n) is 12.8. The number of carbonyl (C=O) groups is 2. The number of ether oxygens (including phenoxy) is 1. The molecular formula is C28H32ClN7O3. The Morgan fingerprint density at radius 3 is 2.54 bits per heavy atom. The first-order chi connectivity index (χ1) is 18.9. The van der Waals surface area contributed by atoms with E-state index in [1.54, 1.807) is 19.0 Å². The molecule has 204 valence electrons. The summed E-state index contributed by atoms with van der Waals surface area (Å²) in [5, 5.41) is 14.8. The maximum Gasteiger partial charge on any atom is 0.308 e. The van der Waals surface area contributed by atoms with Crippen molar-refractivity contribution < 1.29 is 14.3 Å². The van der Waals surface area contributed by atoms with Crippen LogP contribution in [0.1, 0.15) is 43.3 Å². The van der Waals surface area contributed by atoms with E-state index in [0.717, 1.165) is 53.6 Å². The molecule has 1 N–H and O–H groups in total. The smallest absolute Gasteiger partial charge is 0.308 e. The summed E-state index contributed by atoms with van der Waals surface area (Å²) < 4.78 is 7.55. The van der Waals surface area contributed by atoms with E-state index in [1.807, 2.05) is 28.8 Å². The monoisotopic (exact) mass is 549 g/mol. The Morgan fingerprint density at radius 1 is 1.15 bits per heavy atom. The highest BCUT2D eigenvalue weighted by atomic mass is 35.5. The Balaban J connectivity index is 1.55. The lowest BCUT2D eigenvalue weighted by molar-refractivity contribution is -0.147. The molecule has 4 rings (SSSR count). The number of unbranched alkanes of at least 4 members (excludes halogenated alkanes) is 1. The summed E-state index contributed by atoms with van der Waals surface area (Å²) in [4.78, 5) is 30.0. The van der Waals surface area contributed by atoms with Crippen LogP contribution in [0.15, 0.2) is 48.5 Å². The predicted molar refractivity (Wildman–Crippen MR) is 148 cm³/mol. The predicted octanol–water partition coefficient (Wildman–Crippen LogP) is 4.34. The number of benzene rings is 2. The van der Waals surface area contributed by atoms with Crippen LogP contribution in [0.4, 0.5) is 0 Å². The molecule has 0 aliphatic heterocycles.